The fraction of sp³-hybridized carbons (Fsp3) is 0.500. The zero-order valence-electron chi connectivity index (χ0n) is 11.1. The first kappa shape index (κ1) is 12.4. The van der Waals surface area contributed by atoms with Gasteiger partial charge in [0, 0.05) is 31.5 Å². The lowest BCUT2D eigenvalue weighted by Crippen LogP contribution is -2.27. The lowest BCUT2D eigenvalue weighted by Gasteiger charge is -2.16. The van der Waals surface area contributed by atoms with E-state index in [9.17, 15) is 9.59 Å². The SMILES string of the molecule is O=C1CCC(c2ccc(C(=O)N3CCCC3)cc2)C1. The maximum Gasteiger partial charge on any atom is 0.253 e. The van der Waals surface area contributed by atoms with Crippen molar-refractivity contribution < 1.29 is 9.59 Å². The van der Waals surface area contributed by atoms with Crippen LogP contribution in [0.1, 0.15) is 53.9 Å². The number of Topliss-reactive ketones (excluding diaryl/α,β-unsaturated/α-hetero) is 1. The highest BCUT2D eigenvalue weighted by Gasteiger charge is 2.24. The molecule has 1 atom stereocenters. The molecule has 3 nitrogen and oxygen atoms in total. The lowest BCUT2D eigenvalue weighted by molar-refractivity contribution is -0.117. The fourth-order valence-electron chi connectivity index (χ4n) is 3.10. The molecule has 1 saturated heterocycles. The van der Waals surface area contributed by atoms with Crippen molar-refractivity contribution in [2.24, 2.45) is 0 Å². The molecule has 1 unspecified atom stereocenters. The number of ketones is 1. The van der Waals surface area contributed by atoms with Crippen LogP contribution in [0.2, 0.25) is 0 Å². The van der Waals surface area contributed by atoms with Crippen LogP contribution in [0.25, 0.3) is 0 Å². The molecule has 0 spiro atoms. The zero-order chi connectivity index (χ0) is 13.2. The number of likely N-dealkylation sites (tertiary alicyclic amines) is 1. The summed E-state index contributed by atoms with van der Waals surface area (Å²) in [4.78, 5) is 25.4. The molecule has 2 fully saturated rings. The first-order valence-corrected chi connectivity index (χ1v) is 7.15. The van der Waals surface area contributed by atoms with Crippen LogP contribution in [0, 0.1) is 0 Å². The normalized spacial score (nSPS) is 23.1. The summed E-state index contributed by atoms with van der Waals surface area (Å²) >= 11 is 0. The zero-order valence-corrected chi connectivity index (χ0v) is 11.1. The van der Waals surface area contributed by atoms with Crippen LogP contribution in [0.4, 0.5) is 0 Å². The quantitative estimate of drug-likeness (QED) is 0.817. The first-order chi connectivity index (χ1) is 9.24. The van der Waals surface area contributed by atoms with E-state index in [2.05, 4.69) is 0 Å². The fourth-order valence-corrected chi connectivity index (χ4v) is 3.10. The highest BCUT2D eigenvalue weighted by atomic mass is 16.2. The molecule has 0 radical (unpaired) electrons. The summed E-state index contributed by atoms with van der Waals surface area (Å²) in [5.74, 6) is 0.872. The molecule has 1 aromatic rings. The van der Waals surface area contributed by atoms with Gasteiger partial charge in [-0.1, -0.05) is 12.1 Å². The Morgan fingerprint density at radius 3 is 2.37 bits per heavy atom. The number of rotatable bonds is 2. The van der Waals surface area contributed by atoms with Crippen LogP contribution in [-0.4, -0.2) is 29.7 Å². The standard InChI is InChI=1S/C16H19NO2/c18-15-8-7-14(11-15)12-3-5-13(6-4-12)16(19)17-9-1-2-10-17/h3-6,14H,1-2,7-11H2. The van der Waals surface area contributed by atoms with Gasteiger partial charge in [-0.3, -0.25) is 9.59 Å². The van der Waals surface area contributed by atoms with Gasteiger partial charge >= 0.3 is 0 Å². The Balaban J connectivity index is 1.71. The number of carbonyl (C=O) groups is 2. The van der Waals surface area contributed by atoms with Gasteiger partial charge in [0.15, 0.2) is 0 Å². The van der Waals surface area contributed by atoms with Gasteiger partial charge in [0.2, 0.25) is 0 Å². The highest BCUT2D eigenvalue weighted by Crippen LogP contribution is 2.32. The van der Waals surface area contributed by atoms with Gasteiger partial charge in [-0.2, -0.15) is 0 Å². The van der Waals surface area contributed by atoms with Gasteiger partial charge < -0.3 is 4.90 Å². The number of benzene rings is 1. The highest BCUT2D eigenvalue weighted by molar-refractivity contribution is 5.94. The molecule has 0 bridgehead atoms. The lowest BCUT2D eigenvalue weighted by atomic mass is 9.96. The summed E-state index contributed by atoms with van der Waals surface area (Å²) in [6.07, 6.45) is 4.57. The van der Waals surface area contributed by atoms with E-state index in [1.165, 1.54) is 5.56 Å². The van der Waals surface area contributed by atoms with Crippen molar-refractivity contribution in [1.29, 1.82) is 0 Å². The number of carbonyl (C=O) groups excluding carboxylic acids is 2. The van der Waals surface area contributed by atoms with Crippen molar-refractivity contribution in [3.8, 4) is 0 Å². The van der Waals surface area contributed by atoms with Crippen molar-refractivity contribution in [3.05, 3.63) is 35.4 Å². The molecule has 2 aliphatic rings. The molecule has 100 valence electrons. The number of hydrogen-bond acceptors (Lipinski definition) is 2. The smallest absolute Gasteiger partial charge is 0.253 e. The van der Waals surface area contributed by atoms with Crippen LogP contribution in [0.15, 0.2) is 24.3 Å². The van der Waals surface area contributed by atoms with Crippen molar-refractivity contribution in [3.63, 3.8) is 0 Å². The van der Waals surface area contributed by atoms with Crippen molar-refractivity contribution >= 4 is 11.7 Å². The minimum Gasteiger partial charge on any atom is -0.339 e. The Morgan fingerprint density at radius 1 is 1.11 bits per heavy atom. The second-order valence-corrected chi connectivity index (χ2v) is 5.60. The predicted octanol–water partition coefficient (Wildman–Crippen LogP) is 2.76. The Morgan fingerprint density at radius 2 is 1.79 bits per heavy atom. The van der Waals surface area contributed by atoms with Gasteiger partial charge in [-0.15, -0.1) is 0 Å². The molecule has 3 rings (SSSR count). The number of nitrogens with zero attached hydrogens (tertiary/aromatic N) is 1. The van der Waals surface area contributed by atoms with Crippen LogP contribution < -0.4 is 0 Å². The Kier molecular flexibility index (Phi) is 3.36. The Bertz CT molecular complexity index is 486. The van der Waals surface area contributed by atoms with Crippen molar-refractivity contribution in [2.75, 3.05) is 13.1 Å². The second-order valence-electron chi connectivity index (χ2n) is 5.60. The van der Waals surface area contributed by atoms with E-state index < -0.39 is 0 Å². The molecule has 3 heteroatoms. The Labute approximate surface area is 113 Å². The van der Waals surface area contributed by atoms with Crippen LogP contribution in [0.3, 0.4) is 0 Å². The monoisotopic (exact) mass is 257 g/mol. The number of amides is 1. The van der Waals surface area contributed by atoms with E-state index in [0.717, 1.165) is 37.9 Å². The van der Waals surface area contributed by atoms with Gasteiger partial charge in [-0.25, -0.2) is 0 Å². The minimum absolute atomic E-state index is 0.145. The van der Waals surface area contributed by atoms with Crippen LogP contribution >= 0.6 is 0 Å². The molecule has 1 saturated carbocycles. The van der Waals surface area contributed by atoms with E-state index >= 15 is 0 Å². The third-order valence-corrected chi connectivity index (χ3v) is 4.27. The van der Waals surface area contributed by atoms with Gasteiger partial charge in [0.25, 0.3) is 5.91 Å². The molecule has 1 aliphatic heterocycles. The molecule has 19 heavy (non-hydrogen) atoms. The molecule has 1 aliphatic carbocycles. The van der Waals surface area contributed by atoms with Gasteiger partial charge in [0.05, 0.1) is 0 Å². The third kappa shape index (κ3) is 2.55. The van der Waals surface area contributed by atoms with Gasteiger partial charge in [-0.05, 0) is 42.9 Å². The maximum absolute atomic E-state index is 12.2. The molecule has 0 N–H and O–H groups in total. The summed E-state index contributed by atoms with van der Waals surface area (Å²) in [6, 6.07) is 7.87. The average Bonchev–Trinajstić information content (AvgIpc) is 3.09. The summed E-state index contributed by atoms with van der Waals surface area (Å²) in [6.45, 7) is 1.77. The molecule has 1 amide bonds. The summed E-state index contributed by atoms with van der Waals surface area (Å²) in [5.41, 5.74) is 1.97. The number of hydrogen-bond donors (Lipinski definition) is 0. The maximum atomic E-state index is 12.2. The summed E-state index contributed by atoms with van der Waals surface area (Å²) in [5, 5.41) is 0. The van der Waals surface area contributed by atoms with E-state index in [1.807, 2.05) is 29.2 Å². The molecule has 1 heterocycles. The summed E-state index contributed by atoms with van der Waals surface area (Å²) in [7, 11) is 0. The van der Waals surface area contributed by atoms with Crippen molar-refractivity contribution in [1.82, 2.24) is 4.90 Å². The molecule has 1 aromatic carbocycles. The second kappa shape index (κ2) is 5.16. The average molecular weight is 257 g/mol. The first-order valence-electron chi connectivity index (χ1n) is 7.15. The van der Waals surface area contributed by atoms with E-state index in [4.69, 9.17) is 0 Å². The van der Waals surface area contributed by atoms with E-state index in [-0.39, 0.29) is 5.91 Å². The van der Waals surface area contributed by atoms with Crippen molar-refractivity contribution in [2.45, 2.75) is 38.0 Å². The predicted molar refractivity (Wildman–Crippen MR) is 73.2 cm³/mol. The topological polar surface area (TPSA) is 37.4 Å². The molecular weight excluding hydrogens is 238 g/mol. The van der Waals surface area contributed by atoms with E-state index in [1.54, 1.807) is 0 Å². The third-order valence-electron chi connectivity index (χ3n) is 4.27. The van der Waals surface area contributed by atoms with Crippen LogP contribution in [0.5, 0.6) is 0 Å². The van der Waals surface area contributed by atoms with Crippen LogP contribution in [-0.2, 0) is 4.79 Å². The molecular formula is C16H19NO2. The van der Waals surface area contributed by atoms with Gasteiger partial charge in [0.1, 0.15) is 5.78 Å². The van der Waals surface area contributed by atoms with E-state index in [0.29, 0.717) is 24.5 Å². The Hall–Kier alpha value is -1.64. The largest absolute Gasteiger partial charge is 0.339 e. The minimum atomic E-state index is 0.145. The summed E-state index contributed by atoms with van der Waals surface area (Å²) < 4.78 is 0. The molecule has 0 aromatic heterocycles.